The number of nitrogens with one attached hydrogen (secondary N) is 1. The highest BCUT2D eigenvalue weighted by Gasteiger charge is 2.55. The first kappa shape index (κ1) is 19.2. The lowest BCUT2D eigenvalue weighted by molar-refractivity contribution is -0.136. The first-order valence-electron chi connectivity index (χ1n) is 9.50. The number of rotatable bonds is 5. The zero-order valence-electron chi connectivity index (χ0n) is 16.2. The smallest absolute Gasteiger partial charge is 0.327 e. The molecule has 1 saturated heterocycles. The second-order valence-electron chi connectivity index (χ2n) is 7.54. The molecule has 1 saturated carbocycles. The van der Waals surface area contributed by atoms with Gasteiger partial charge < -0.3 is 15.0 Å². The first-order chi connectivity index (χ1) is 12.8. The average molecular weight is 373 g/mol. The summed E-state index contributed by atoms with van der Waals surface area (Å²) >= 11 is 0. The molecule has 1 aliphatic carbocycles. The molecule has 0 atom stereocenters. The maximum absolute atomic E-state index is 13.0. The highest BCUT2D eigenvalue weighted by molar-refractivity contribution is 6.10. The maximum Gasteiger partial charge on any atom is 0.327 e. The summed E-state index contributed by atoms with van der Waals surface area (Å²) in [5, 5.41) is 2.76. The van der Waals surface area contributed by atoms with Crippen molar-refractivity contribution in [3.63, 3.8) is 0 Å². The molecule has 1 heterocycles. The van der Waals surface area contributed by atoms with Crippen molar-refractivity contribution in [2.45, 2.75) is 57.6 Å². The normalized spacial score (nSPS) is 19.1. The molecule has 27 heavy (non-hydrogen) atoms. The summed E-state index contributed by atoms with van der Waals surface area (Å²) in [5.74, 6) is -0.116. The van der Waals surface area contributed by atoms with E-state index in [2.05, 4.69) is 5.32 Å². The Hall–Kier alpha value is -2.57. The Balaban J connectivity index is 1.71. The largest absolute Gasteiger partial charge is 0.489 e. The molecule has 1 spiro atoms. The molecule has 0 radical (unpaired) electrons. The van der Waals surface area contributed by atoms with Crippen LogP contribution in [0.15, 0.2) is 24.3 Å². The minimum atomic E-state index is -0.770. The Labute approximate surface area is 159 Å². The van der Waals surface area contributed by atoms with Crippen molar-refractivity contribution >= 4 is 23.5 Å². The summed E-state index contributed by atoms with van der Waals surface area (Å²) in [6, 6.07) is 6.72. The molecule has 4 amide bonds. The van der Waals surface area contributed by atoms with Crippen LogP contribution in [0, 0.1) is 0 Å². The van der Waals surface area contributed by atoms with Gasteiger partial charge in [0.05, 0.1) is 11.8 Å². The maximum atomic E-state index is 13.0. The molecule has 1 aliphatic heterocycles. The van der Waals surface area contributed by atoms with Crippen LogP contribution in [-0.2, 0) is 9.59 Å². The van der Waals surface area contributed by atoms with Crippen molar-refractivity contribution in [2.24, 2.45) is 0 Å². The summed E-state index contributed by atoms with van der Waals surface area (Å²) in [7, 11) is 1.66. The lowest BCUT2D eigenvalue weighted by Crippen LogP contribution is -2.49. The molecule has 1 aromatic carbocycles. The second-order valence-corrected chi connectivity index (χ2v) is 7.54. The number of nitrogens with zero attached hydrogens (tertiary/aromatic N) is 2. The Morgan fingerprint density at radius 1 is 1.19 bits per heavy atom. The van der Waals surface area contributed by atoms with Crippen LogP contribution in [0.3, 0.4) is 0 Å². The van der Waals surface area contributed by atoms with E-state index in [-0.39, 0.29) is 18.6 Å². The van der Waals surface area contributed by atoms with E-state index >= 15 is 0 Å². The second kappa shape index (κ2) is 7.58. The van der Waals surface area contributed by atoms with E-state index in [4.69, 9.17) is 4.74 Å². The topological polar surface area (TPSA) is 79.0 Å². The van der Waals surface area contributed by atoms with Gasteiger partial charge in [0.1, 0.15) is 17.8 Å². The van der Waals surface area contributed by atoms with Crippen molar-refractivity contribution in [1.29, 1.82) is 0 Å². The molecule has 7 nitrogen and oxygen atoms in total. The number of carbonyl (C=O) groups is 3. The van der Waals surface area contributed by atoms with Crippen LogP contribution in [0.4, 0.5) is 10.5 Å². The van der Waals surface area contributed by atoms with Gasteiger partial charge in [-0.1, -0.05) is 31.4 Å². The molecule has 2 aliphatic rings. The Bertz CT molecular complexity index is 740. The highest BCUT2D eigenvalue weighted by Crippen LogP contribution is 2.39. The number of carbonyl (C=O) groups excluding carboxylic acids is 3. The number of urea groups is 1. The number of hydrogen-bond acceptors (Lipinski definition) is 4. The lowest BCUT2D eigenvalue weighted by atomic mass is 9.81. The molecule has 1 N–H and O–H groups in total. The third kappa shape index (κ3) is 3.63. The number of ether oxygens (including phenoxy) is 1. The van der Waals surface area contributed by atoms with Gasteiger partial charge in [-0.25, -0.2) is 4.79 Å². The molecular formula is C20H27N3O4. The van der Waals surface area contributed by atoms with Crippen molar-refractivity contribution < 1.29 is 19.1 Å². The zero-order chi connectivity index (χ0) is 19.6. The SMILES string of the molecule is CC(C)Oc1ccccc1NC(=O)CN1C(=O)N(C)C2(CCCCC2)C1=O. The molecule has 2 fully saturated rings. The van der Waals surface area contributed by atoms with Crippen molar-refractivity contribution in [3.05, 3.63) is 24.3 Å². The van der Waals surface area contributed by atoms with Crippen LogP contribution in [0.25, 0.3) is 0 Å². The number of imide groups is 1. The van der Waals surface area contributed by atoms with Crippen molar-refractivity contribution in [3.8, 4) is 5.75 Å². The van der Waals surface area contributed by atoms with Gasteiger partial charge in [-0.15, -0.1) is 0 Å². The third-order valence-electron chi connectivity index (χ3n) is 5.31. The van der Waals surface area contributed by atoms with Gasteiger partial charge >= 0.3 is 6.03 Å². The fraction of sp³-hybridized carbons (Fsp3) is 0.550. The number of hydrogen-bond donors (Lipinski definition) is 1. The first-order valence-corrected chi connectivity index (χ1v) is 9.50. The van der Waals surface area contributed by atoms with Gasteiger partial charge in [-0.05, 0) is 38.8 Å². The fourth-order valence-corrected chi connectivity index (χ4v) is 3.93. The number of likely N-dealkylation sites (N-methyl/N-ethyl adjacent to an activating group) is 1. The lowest BCUT2D eigenvalue weighted by Gasteiger charge is -2.35. The van der Waals surface area contributed by atoms with Crippen LogP contribution in [0.2, 0.25) is 0 Å². The number of amides is 4. The quantitative estimate of drug-likeness (QED) is 0.805. The third-order valence-corrected chi connectivity index (χ3v) is 5.31. The predicted molar refractivity (Wildman–Crippen MR) is 102 cm³/mol. The van der Waals surface area contributed by atoms with E-state index in [1.54, 1.807) is 25.2 Å². The van der Waals surface area contributed by atoms with Gasteiger partial charge in [0.15, 0.2) is 0 Å². The molecule has 1 aromatic rings. The molecular weight excluding hydrogens is 346 g/mol. The summed E-state index contributed by atoms with van der Waals surface area (Å²) in [4.78, 5) is 40.7. The number of anilines is 1. The monoisotopic (exact) mass is 373 g/mol. The van der Waals surface area contributed by atoms with Crippen LogP contribution in [-0.4, -0.2) is 52.9 Å². The predicted octanol–water partition coefficient (Wildman–Crippen LogP) is 3.01. The molecule has 7 heteroatoms. The van der Waals surface area contributed by atoms with E-state index in [0.29, 0.717) is 24.3 Å². The summed E-state index contributed by atoms with van der Waals surface area (Å²) in [5.41, 5.74) is -0.245. The molecule has 146 valence electrons. The Kier molecular flexibility index (Phi) is 5.39. The Morgan fingerprint density at radius 3 is 2.52 bits per heavy atom. The minimum Gasteiger partial charge on any atom is -0.489 e. The summed E-state index contributed by atoms with van der Waals surface area (Å²) in [6.45, 7) is 3.51. The number of para-hydroxylation sites is 2. The van der Waals surface area contributed by atoms with Crippen LogP contribution >= 0.6 is 0 Å². The highest BCUT2D eigenvalue weighted by atomic mass is 16.5. The van der Waals surface area contributed by atoms with E-state index in [1.165, 1.54) is 4.90 Å². The molecule has 0 aromatic heterocycles. The average Bonchev–Trinajstić information content (AvgIpc) is 2.80. The Morgan fingerprint density at radius 2 is 1.85 bits per heavy atom. The standard InChI is InChI=1S/C20H27N3O4/c1-14(2)27-16-10-6-5-9-15(16)21-17(24)13-23-18(25)20(22(3)19(23)26)11-7-4-8-12-20/h5-6,9-10,14H,4,7-8,11-13H2,1-3H3,(H,21,24). The van der Waals surface area contributed by atoms with Gasteiger partial charge in [-0.2, -0.15) is 0 Å². The van der Waals surface area contributed by atoms with E-state index < -0.39 is 17.5 Å². The van der Waals surface area contributed by atoms with Crippen LogP contribution in [0.5, 0.6) is 5.75 Å². The van der Waals surface area contributed by atoms with E-state index in [1.807, 2.05) is 19.9 Å². The van der Waals surface area contributed by atoms with Gasteiger partial charge in [0.2, 0.25) is 5.91 Å². The fourth-order valence-electron chi connectivity index (χ4n) is 3.93. The summed E-state index contributed by atoms with van der Waals surface area (Å²) < 4.78 is 5.70. The van der Waals surface area contributed by atoms with Gasteiger partial charge in [0, 0.05) is 7.05 Å². The zero-order valence-corrected chi connectivity index (χ0v) is 16.2. The minimum absolute atomic E-state index is 0.0374. The van der Waals surface area contributed by atoms with Crippen LogP contribution < -0.4 is 10.1 Å². The number of benzene rings is 1. The van der Waals surface area contributed by atoms with Crippen molar-refractivity contribution in [2.75, 3.05) is 18.9 Å². The molecule has 3 rings (SSSR count). The summed E-state index contributed by atoms with van der Waals surface area (Å²) in [6.07, 6.45) is 4.20. The molecule has 0 unspecified atom stereocenters. The van der Waals surface area contributed by atoms with Crippen molar-refractivity contribution in [1.82, 2.24) is 9.80 Å². The van der Waals surface area contributed by atoms with Gasteiger partial charge in [-0.3, -0.25) is 14.5 Å². The van der Waals surface area contributed by atoms with Crippen LogP contribution in [0.1, 0.15) is 46.0 Å². The molecule has 0 bridgehead atoms. The van der Waals surface area contributed by atoms with Gasteiger partial charge in [0.25, 0.3) is 5.91 Å². The van der Waals surface area contributed by atoms with E-state index in [0.717, 1.165) is 24.2 Å². The van der Waals surface area contributed by atoms with E-state index in [9.17, 15) is 14.4 Å².